The van der Waals surface area contributed by atoms with Gasteiger partial charge in [-0.1, -0.05) is 25.1 Å². The molecule has 3 rings (SSSR count). The number of methoxy groups -OCH3 is 1. The number of rotatable bonds is 4. The summed E-state index contributed by atoms with van der Waals surface area (Å²) in [4.78, 5) is 11.5. The Labute approximate surface area is 121 Å². The summed E-state index contributed by atoms with van der Waals surface area (Å²) in [5.74, 6) is 1.23. The van der Waals surface area contributed by atoms with Gasteiger partial charge in [-0.25, -0.2) is 0 Å². The zero-order chi connectivity index (χ0) is 14.1. The second kappa shape index (κ2) is 5.59. The molecule has 0 heterocycles. The highest BCUT2D eigenvalue weighted by atomic mass is 16.5. The first-order chi connectivity index (χ1) is 9.69. The molecular weight excluding hydrogens is 248 g/mol. The van der Waals surface area contributed by atoms with Crippen molar-refractivity contribution >= 4 is 5.97 Å². The zero-order valence-corrected chi connectivity index (χ0v) is 12.5. The van der Waals surface area contributed by atoms with Crippen LogP contribution in [0.2, 0.25) is 0 Å². The van der Waals surface area contributed by atoms with Crippen LogP contribution in [-0.2, 0) is 22.4 Å². The molecule has 0 radical (unpaired) electrons. The molecule has 0 bridgehead atoms. The van der Waals surface area contributed by atoms with E-state index in [1.165, 1.54) is 38.4 Å². The number of benzene rings is 1. The first-order valence-electron chi connectivity index (χ1n) is 7.88. The molecule has 0 aliphatic heterocycles. The van der Waals surface area contributed by atoms with Gasteiger partial charge in [0.2, 0.25) is 0 Å². The first-order valence-corrected chi connectivity index (χ1v) is 7.88. The molecule has 0 aromatic heterocycles. The van der Waals surface area contributed by atoms with Gasteiger partial charge < -0.3 is 4.74 Å². The van der Waals surface area contributed by atoms with E-state index in [4.69, 9.17) is 4.74 Å². The predicted molar refractivity (Wildman–Crippen MR) is 79.7 cm³/mol. The van der Waals surface area contributed by atoms with Crippen LogP contribution in [0.5, 0.6) is 0 Å². The Kier molecular flexibility index (Phi) is 3.82. The lowest BCUT2D eigenvalue weighted by molar-refractivity contribution is -0.142. The lowest BCUT2D eigenvalue weighted by atomic mass is 9.86. The van der Waals surface area contributed by atoms with Crippen molar-refractivity contribution in [1.29, 1.82) is 0 Å². The molecule has 20 heavy (non-hydrogen) atoms. The van der Waals surface area contributed by atoms with E-state index < -0.39 is 0 Å². The number of hydrogen-bond acceptors (Lipinski definition) is 2. The lowest BCUT2D eigenvalue weighted by Crippen LogP contribution is -2.07. The molecule has 2 nitrogen and oxygen atoms in total. The van der Waals surface area contributed by atoms with Crippen LogP contribution < -0.4 is 0 Å². The first kappa shape index (κ1) is 13.7. The highest BCUT2D eigenvalue weighted by Gasteiger charge is 2.44. The molecule has 2 aliphatic carbocycles. The SMILES string of the molecule is COC(=O)C1CC1CC(C)c1ccc2c(c1)CCCC2. The Morgan fingerprint density at radius 1 is 1.30 bits per heavy atom. The van der Waals surface area contributed by atoms with Gasteiger partial charge in [-0.3, -0.25) is 4.79 Å². The van der Waals surface area contributed by atoms with Crippen LogP contribution >= 0.6 is 0 Å². The van der Waals surface area contributed by atoms with Gasteiger partial charge in [-0.2, -0.15) is 0 Å². The van der Waals surface area contributed by atoms with Gasteiger partial charge in [0.25, 0.3) is 0 Å². The summed E-state index contributed by atoms with van der Waals surface area (Å²) in [6.45, 7) is 2.29. The van der Waals surface area contributed by atoms with Gasteiger partial charge in [0.1, 0.15) is 0 Å². The highest BCUT2D eigenvalue weighted by molar-refractivity contribution is 5.75. The zero-order valence-electron chi connectivity index (χ0n) is 12.5. The van der Waals surface area contributed by atoms with Crippen molar-refractivity contribution in [2.24, 2.45) is 11.8 Å². The smallest absolute Gasteiger partial charge is 0.308 e. The molecular formula is C18H24O2. The minimum Gasteiger partial charge on any atom is -0.469 e. The third kappa shape index (κ3) is 2.74. The van der Waals surface area contributed by atoms with Crippen LogP contribution in [0.25, 0.3) is 0 Å². The number of carbonyl (C=O) groups excluding carboxylic acids is 1. The van der Waals surface area contributed by atoms with Crippen LogP contribution in [-0.4, -0.2) is 13.1 Å². The van der Waals surface area contributed by atoms with E-state index in [0.717, 1.165) is 12.8 Å². The summed E-state index contributed by atoms with van der Waals surface area (Å²) in [5, 5.41) is 0. The number of esters is 1. The van der Waals surface area contributed by atoms with E-state index in [2.05, 4.69) is 25.1 Å². The standard InChI is InChI=1S/C18H24O2/c1-12(9-16-11-17(16)18(19)20-2)14-8-7-13-5-3-4-6-15(13)10-14/h7-8,10,12,16-17H,3-6,9,11H2,1-2H3. The molecule has 1 aromatic rings. The minimum absolute atomic E-state index is 0.0207. The fourth-order valence-corrected chi connectivity index (χ4v) is 3.60. The fraction of sp³-hybridized carbons (Fsp3) is 0.611. The van der Waals surface area contributed by atoms with Crippen molar-refractivity contribution in [3.63, 3.8) is 0 Å². The van der Waals surface area contributed by atoms with Crippen LogP contribution in [0.15, 0.2) is 18.2 Å². The van der Waals surface area contributed by atoms with Gasteiger partial charge in [0, 0.05) is 0 Å². The van der Waals surface area contributed by atoms with Crippen molar-refractivity contribution in [1.82, 2.24) is 0 Å². The largest absolute Gasteiger partial charge is 0.469 e. The molecule has 3 atom stereocenters. The second-order valence-electron chi connectivity index (χ2n) is 6.50. The summed E-state index contributed by atoms with van der Waals surface area (Å²) >= 11 is 0. The van der Waals surface area contributed by atoms with Crippen molar-refractivity contribution in [3.05, 3.63) is 34.9 Å². The molecule has 1 fully saturated rings. The molecule has 0 spiro atoms. The van der Waals surface area contributed by atoms with Crippen molar-refractivity contribution < 1.29 is 9.53 Å². The number of aryl methyl sites for hydroxylation is 2. The Morgan fingerprint density at radius 2 is 2.05 bits per heavy atom. The minimum atomic E-state index is -0.0207. The summed E-state index contributed by atoms with van der Waals surface area (Å²) in [5.41, 5.74) is 4.55. The molecule has 3 unspecified atom stereocenters. The van der Waals surface area contributed by atoms with E-state index in [1.54, 1.807) is 11.1 Å². The number of fused-ring (bicyclic) bond motifs is 1. The predicted octanol–water partition coefficient (Wildman–Crippen LogP) is 3.87. The summed E-state index contributed by atoms with van der Waals surface area (Å²) in [6.07, 6.45) is 7.28. The van der Waals surface area contributed by atoms with Crippen LogP contribution in [0.3, 0.4) is 0 Å². The normalized spacial score (nSPS) is 25.7. The number of carbonyl (C=O) groups is 1. The van der Waals surface area contributed by atoms with Gasteiger partial charge in [-0.05, 0) is 67.1 Å². The molecule has 0 saturated heterocycles. The van der Waals surface area contributed by atoms with Crippen molar-refractivity contribution in [2.45, 2.75) is 51.4 Å². The molecule has 0 amide bonds. The van der Waals surface area contributed by atoms with E-state index in [1.807, 2.05) is 0 Å². The third-order valence-electron chi connectivity index (χ3n) is 5.02. The average molecular weight is 272 g/mol. The summed E-state index contributed by atoms with van der Waals surface area (Å²) < 4.78 is 4.83. The Balaban J connectivity index is 1.63. The Bertz CT molecular complexity index is 506. The second-order valence-corrected chi connectivity index (χ2v) is 6.50. The molecule has 108 valence electrons. The third-order valence-corrected chi connectivity index (χ3v) is 5.02. The maximum absolute atomic E-state index is 11.5. The fourth-order valence-electron chi connectivity index (χ4n) is 3.60. The maximum Gasteiger partial charge on any atom is 0.308 e. The molecule has 1 aromatic carbocycles. The molecule has 2 heteroatoms. The average Bonchev–Trinajstić information content (AvgIpc) is 3.25. The highest BCUT2D eigenvalue weighted by Crippen LogP contribution is 2.45. The molecule has 2 aliphatic rings. The van der Waals surface area contributed by atoms with Crippen LogP contribution in [0.1, 0.15) is 55.2 Å². The van der Waals surface area contributed by atoms with Crippen LogP contribution in [0, 0.1) is 11.8 Å². The summed E-state index contributed by atoms with van der Waals surface area (Å²) in [7, 11) is 1.49. The van der Waals surface area contributed by atoms with Gasteiger partial charge in [0.05, 0.1) is 13.0 Å². The van der Waals surface area contributed by atoms with E-state index in [9.17, 15) is 4.79 Å². The van der Waals surface area contributed by atoms with E-state index >= 15 is 0 Å². The van der Waals surface area contributed by atoms with Gasteiger partial charge in [0.15, 0.2) is 0 Å². The van der Waals surface area contributed by atoms with Gasteiger partial charge >= 0.3 is 5.97 Å². The quantitative estimate of drug-likeness (QED) is 0.778. The van der Waals surface area contributed by atoms with E-state index in [0.29, 0.717) is 11.8 Å². The lowest BCUT2D eigenvalue weighted by Gasteiger charge is -2.19. The molecule has 1 saturated carbocycles. The van der Waals surface area contributed by atoms with Crippen molar-refractivity contribution in [3.8, 4) is 0 Å². The summed E-state index contributed by atoms with van der Waals surface area (Å²) in [6, 6.07) is 7.03. The maximum atomic E-state index is 11.5. The van der Waals surface area contributed by atoms with Gasteiger partial charge in [-0.15, -0.1) is 0 Å². The Hall–Kier alpha value is -1.31. The van der Waals surface area contributed by atoms with E-state index in [-0.39, 0.29) is 11.9 Å². The monoisotopic (exact) mass is 272 g/mol. The topological polar surface area (TPSA) is 26.3 Å². The van der Waals surface area contributed by atoms with Crippen LogP contribution in [0.4, 0.5) is 0 Å². The number of hydrogen-bond donors (Lipinski definition) is 0. The molecule has 0 N–H and O–H groups in total. The number of ether oxygens (including phenoxy) is 1. The van der Waals surface area contributed by atoms with Crippen molar-refractivity contribution in [2.75, 3.05) is 7.11 Å². The Morgan fingerprint density at radius 3 is 2.80 bits per heavy atom.